The normalized spacial score (nSPS) is 27.9. The van der Waals surface area contributed by atoms with E-state index in [1.807, 2.05) is 0 Å². The predicted octanol–water partition coefficient (Wildman–Crippen LogP) is -0.574. The summed E-state index contributed by atoms with van der Waals surface area (Å²) in [4.78, 5) is 0. The van der Waals surface area contributed by atoms with Gasteiger partial charge in [-0.1, -0.05) is 0 Å². The molecule has 0 saturated carbocycles. The van der Waals surface area contributed by atoms with Crippen LogP contribution in [0.3, 0.4) is 0 Å². The van der Waals surface area contributed by atoms with Gasteiger partial charge in [0, 0.05) is 7.11 Å². The van der Waals surface area contributed by atoms with E-state index in [9.17, 15) is 0 Å². The average Bonchev–Trinajstić information content (AvgIpc) is 3.01. The highest BCUT2D eigenvalue weighted by atomic mass is 16.6. The molecule has 84 valence electrons. The van der Waals surface area contributed by atoms with Gasteiger partial charge in [0.15, 0.2) is 0 Å². The third kappa shape index (κ3) is 7.23. The summed E-state index contributed by atoms with van der Waals surface area (Å²) >= 11 is 0. The summed E-state index contributed by atoms with van der Waals surface area (Å²) in [5.74, 6) is 0. The van der Waals surface area contributed by atoms with Gasteiger partial charge in [-0.15, -0.1) is 0 Å². The number of aliphatic hydroxyl groups is 1. The Labute approximate surface area is 83.9 Å². The number of ether oxygens (including phenoxy) is 4. The first-order chi connectivity index (χ1) is 6.86. The number of epoxide rings is 2. The van der Waals surface area contributed by atoms with Crippen LogP contribution in [0, 0.1) is 0 Å². The van der Waals surface area contributed by atoms with Crippen LogP contribution in [0.15, 0.2) is 0 Å². The highest BCUT2D eigenvalue weighted by molar-refractivity contribution is 4.71. The minimum Gasteiger partial charge on any atom is -0.394 e. The van der Waals surface area contributed by atoms with Crippen molar-refractivity contribution >= 4 is 0 Å². The van der Waals surface area contributed by atoms with Gasteiger partial charge < -0.3 is 24.1 Å². The van der Waals surface area contributed by atoms with Crippen molar-refractivity contribution in [3.05, 3.63) is 0 Å². The molecule has 0 spiro atoms. The van der Waals surface area contributed by atoms with Crippen molar-refractivity contribution in [2.75, 3.05) is 46.8 Å². The van der Waals surface area contributed by atoms with Crippen LogP contribution in [-0.2, 0) is 18.9 Å². The molecule has 0 amide bonds. The SMILES string of the molecule is C(OCC1CO1)C1CO1.COCCO. The lowest BCUT2D eigenvalue weighted by molar-refractivity contribution is 0.102. The van der Waals surface area contributed by atoms with Crippen LogP contribution in [0.4, 0.5) is 0 Å². The third-order valence-electron chi connectivity index (χ3n) is 1.71. The van der Waals surface area contributed by atoms with Crippen LogP contribution >= 0.6 is 0 Å². The summed E-state index contributed by atoms with van der Waals surface area (Å²) in [6.45, 7) is 3.83. The van der Waals surface area contributed by atoms with Crippen LogP contribution in [0.5, 0.6) is 0 Å². The molecule has 5 heteroatoms. The number of rotatable bonds is 6. The van der Waals surface area contributed by atoms with Crippen LogP contribution in [0.2, 0.25) is 0 Å². The van der Waals surface area contributed by atoms with Crippen LogP contribution in [0.1, 0.15) is 0 Å². The highest BCUT2D eigenvalue weighted by Gasteiger charge is 2.26. The molecule has 0 aromatic rings. The smallest absolute Gasteiger partial charge is 0.104 e. The lowest BCUT2D eigenvalue weighted by Gasteiger charge is -1.95. The maximum atomic E-state index is 7.94. The second-order valence-corrected chi connectivity index (χ2v) is 3.16. The minimum atomic E-state index is 0.122. The molecule has 2 atom stereocenters. The number of aliphatic hydroxyl groups excluding tert-OH is 1. The fourth-order valence-electron chi connectivity index (χ4n) is 0.751. The molecule has 2 heterocycles. The van der Waals surface area contributed by atoms with E-state index >= 15 is 0 Å². The molecular weight excluding hydrogens is 188 g/mol. The summed E-state index contributed by atoms with van der Waals surface area (Å²) in [7, 11) is 1.55. The Bertz CT molecular complexity index is 119. The van der Waals surface area contributed by atoms with Gasteiger partial charge in [0.1, 0.15) is 12.2 Å². The zero-order valence-corrected chi connectivity index (χ0v) is 8.48. The monoisotopic (exact) mass is 206 g/mol. The van der Waals surface area contributed by atoms with Gasteiger partial charge in [-0.2, -0.15) is 0 Å². The molecule has 2 aliphatic heterocycles. The number of hydrogen-bond donors (Lipinski definition) is 1. The first-order valence-electron chi connectivity index (χ1n) is 4.77. The van der Waals surface area contributed by atoms with Crippen LogP contribution < -0.4 is 0 Å². The van der Waals surface area contributed by atoms with E-state index in [-0.39, 0.29) is 6.61 Å². The predicted molar refractivity (Wildman–Crippen MR) is 49.3 cm³/mol. The second kappa shape index (κ2) is 7.14. The summed E-state index contributed by atoms with van der Waals surface area (Å²) < 4.78 is 19.6. The number of methoxy groups -OCH3 is 1. The fraction of sp³-hybridized carbons (Fsp3) is 1.00. The Morgan fingerprint density at radius 2 is 1.71 bits per heavy atom. The van der Waals surface area contributed by atoms with Gasteiger partial charge in [-0.25, -0.2) is 0 Å². The molecule has 2 aliphatic rings. The van der Waals surface area contributed by atoms with E-state index in [1.54, 1.807) is 7.11 Å². The van der Waals surface area contributed by atoms with E-state index in [4.69, 9.17) is 19.3 Å². The highest BCUT2D eigenvalue weighted by Crippen LogP contribution is 2.12. The van der Waals surface area contributed by atoms with E-state index in [1.165, 1.54) is 0 Å². The Hall–Kier alpha value is -0.200. The zero-order chi connectivity index (χ0) is 10.2. The van der Waals surface area contributed by atoms with Gasteiger partial charge in [0.05, 0.1) is 39.6 Å². The van der Waals surface area contributed by atoms with E-state index in [0.717, 1.165) is 26.4 Å². The molecule has 1 N–H and O–H groups in total. The molecule has 14 heavy (non-hydrogen) atoms. The van der Waals surface area contributed by atoms with Crippen molar-refractivity contribution in [3.8, 4) is 0 Å². The van der Waals surface area contributed by atoms with Crippen molar-refractivity contribution in [2.24, 2.45) is 0 Å². The first-order valence-corrected chi connectivity index (χ1v) is 4.77. The molecule has 0 aliphatic carbocycles. The lowest BCUT2D eigenvalue weighted by atomic mass is 10.5. The Morgan fingerprint density at radius 3 is 1.93 bits per heavy atom. The van der Waals surface area contributed by atoms with E-state index < -0.39 is 0 Å². The van der Waals surface area contributed by atoms with Gasteiger partial charge >= 0.3 is 0 Å². The molecule has 0 aromatic carbocycles. The van der Waals surface area contributed by atoms with Crippen LogP contribution in [0.25, 0.3) is 0 Å². The molecule has 2 rings (SSSR count). The zero-order valence-electron chi connectivity index (χ0n) is 8.48. The van der Waals surface area contributed by atoms with Crippen molar-refractivity contribution in [1.29, 1.82) is 0 Å². The molecule has 0 aromatic heterocycles. The first kappa shape index (κ1) is 11.9. The topological polar surface area (TPSA) is 63.8 Å². The molecule has 2 fully saturated rings. The molecule has 0 radical (unpaired) electrons. The molecule has 0 bridgehead atoms. The molecule has 5 nitrogen and oxygen atoms in total. The summed E-state index contributed by atoms with van der Waals surface area (Å²) in [6.07, 6.45) is 0.785. The van der Waals surface area contributed by atoms with Crippen molar-refractivity contribution in [3.63, 3.8) is 0 Å². The Kier molecular flexibility index (Phi) is 6.05. The minimum absolute atomic E-state index is 0.122. The molecule has 2 saturated heterocycles. The number of hydrogen-bond acceptors (Lipinski definition) is 5. The second-order valence-electron chi connectivity index (χ2n) is 3.16. The van der Waals surface area contributed by atoms with Crippen molar-refractivity contribution in [2.45, 2.75) is 12.2 Å². The fourth-order valence-corrected chi connectivity index (χ4v) is 0.751. The van der Waals surface area contributed by atoms with E-state index in [0.29, 0.717) is 18.8 Å². The van der Waals surface area contributed by atoms with Gasteiger partial charge in [0.2, 0.25) is 0 Å². The summed E-state index contributed by atoms with van der Waals surface area (Å²) in [5.41, 5.74) is 0. The van der Waals surface area contributed by atoms with Gasteiger partial charge in [-0.05, 0) is 0 Å². The standard InChI is InChI=1S/C6H10O3.C3H8O2/c1(5-3-8-5)7-2-6-4-9-6;1-5-3-2-4/h5-6H,1-4H2;4H,2-3H2,1H3. The maximum absolute atomic E-state index is 7.94. The lowest BCUT2D eigenvalue weighted by Crippen LogP contribution is -2.06. The van der Waals surface area contributed by atoms with E-state index in [2.05, 4.69) is 4.74 Å². The Morgan fingerprint density at radius 1 is 1.21 bits per heavy atom. The van der Waals surface area contributed by atoms with Crippen molar-refractivity contribution in [1.82, 2.24) is 0 Å². The largest absolute Gasteiger partial charge is 0.394 e. The molecular formula is C9H18O5. The quantitative estimate of drug-likeness (QED) is 0.589. The summed E-state index contributed by atoms with van der Waals surface area (Å²) in [5, 5.41) is 7.94. The van der Waals surface area contributed by atoms with Crippen molar-refractivity contribution < 1.29 is 24.1 Å². The van der Waals surface area contributed by atoms with Gasteiger partial charge in [0.25, 0.3) is 0 Å². The Balaban J connectivity index is 0.000000171. The summed E-state index contributed by atoms with van der Waals surface area (Å²) in [6, 6.07) is 0. The van der Waals surface area contributed by atoms with Gasteiger partial charge in [-0.3, -0.25) is 0 Å². The molecule has 2 unspecified atom stereocenters. The van der Waals surface area contributed by atoms with Crippen LogP contribution in [-0.4, -0.2) is 64.1 Å². The average molecular weight is 206 g/mol. The third-order valence-corrected chi connectivity index (χ3v) is 1.71. The maximum Gasteiger partial charge on any atom is 0.104 e.